The van der Waals surface area contributed by atoms with E-state index in [1.807, 2.05) is 7.05 Å². The molecule has 0 heterocycles. The molecule has 0 fully saturated rings. The lowest BCUT2D eigenvalue weighted by Crippen LogP contribution is -2.15. The summed E-state index contributed by atoms with van der Waals surface area (Å²) in [5.41, 5.74) is 2.89. The van der Waals surface area contributed by atoms with Gasteiger partial charge in [0.05, 0.1) is 0 Å². The summed E-state index contributed by atoms with van der Waals surface area (Å²) in [7, 11) is 1.94. The summed E-state index contributed by atoms with van der Waals surface area (Å²) in [6.07, 6.45) is 1.17. The molecule has 0 amide bonds. The highest BCUT2D eigenvalue weighted by molar-refractivity contribution is 5.45. The Morgan fingerprint density at radius 1 is 1.15 bits per heavy atom. The van der Waals surface area contributed by atoms with Crippen LogP contribution in [0.4, 0.5) is 5.69 Å². The van der Waals surface area contributed by atoms with Crippen molar-refractivity contribution in [1.29, 1.82) is 0 Å². The molecule has 1 aromatic rings. The average Bonchev–Trinajstić information content (AvgIpc) is 2.18. The molecule has 0 unspecified atom stereocenters. The summed E-state index contributed by atoms with van der Waals surface area (Å²) in [6.45, 7) is 6.79. The molecular formula is C12H19N. The molecule has 1 aromatic carbocycles. The van der Waals surface area contributed by atoms with Gasteiger partial charge >= 0.3 is 0 Å². The van der Waals surface area contributed by atoms with Gasteiger partial charge in [-0.15, -0.1) is 0 Å². The van der Waals surface area contributed by atoms with E-state index in [-0.39, 0.29) is 0 Å². The Morgan fingerprint density at radius 3 is 2.08 bits per heavy atom. The molecule has 0 saturated heterocycles. The lowest BCUT2D eigenvalue weighted by molar-refractivity contribution is 0.506. The maximum Gasteiger partial charge on any atom is 0.0337 e. The summed E-state index contributed by atoms with van der Waals surface area (Å²) >= 11 is 0. The Bertz CT molecular complexity index is 259. The monoisotopic (exact) mass is 177 g/mol. The molecule has 0 aliphatic heterocycles. The van der Waals surface area contributed by atoms with Crippen LogP contribution in [0, 0.1) is 0 Å². The van der Waals surface area contributed by atoms with Gasteiger partial charge in [0.2, 0.25) is 0 Å². The topological polar surface area (TPSA) is 12.0 Å². The highest BCUT2D eigenvalue weighted by Gasteiger charge is 2.16. The van der Waals surface area contributed by atoms with E-state index >= 15 is 0 Å². The summed E-state index contributed by atoms with van der Waals surface area (Å²) in [5, 5.41) is 3.12. The standard InChI is InChI=1S/C12H19N/c1-5-12(2,3)10-6-8-11(13-4)9-7-10/h6-9,13H,5H2,1-4H3. The van der Waals surface area contributed by atoms with E-state index < -0.39 is 0 Å². The van der Waals surface area contributed by atoms with Crippen molar-refractivity contribution in [2.24, 2.45) is 0 Å². The second kappa shape index (κ2) is 3.82. The second-order valence-corrected chi connectivity index (χ2v) is 4.06. The second-order valence-electron chi connectivity index (χ2n) is 4.06. The Balaban J connectivity index is 2.92. The molecule has 0 aromatic heterocycles. The lowest BCUT2D eigenvalue weighted by atomic mass is 9.82. The molecular weight excluding hydrogens is 158 g/mol. The third kappa shape index (κ3) is 2.24. The normalized spacial score (nSPS) is 11.4. The quantitative estimate of drug-likeness (QED) is 0.746. The Kier molecular flexibility index (Phi) is 2.97. The van der Waals surface area contributed by atoms with Crippen molar-refractivity contribution in [2.45, 2.75) is 32.6 Å². The largest absolute Gasteiger partial charge is 0.388 e. The van der Waals surface area contributed by atoms with Crippen molar-refractivity contribution in [3.8, 4) is 0 Å². The van der Waals surface area contributed by atoms with Crippen molar-refractivity contribution in [3.05, 3.63) is 29.8 Å². The van der Waals surface area contributed by atoms with Gasteiger partial charge in [-0.25, -0.2) is 0 Å². The van der Waals surface area contributed by atoms with E-state index in [1.54, 1.807) is 0 Å². The zero-order chi connectivity index (χ0) is 9.90. The first-order chi connectivity index (χ1) is 6.10. The minimum Gasteiger partial charge on any atom is -0.388 e. The molecule has 72 valence electrons. The molecule has 0 radical (unpaired) electrons. The van der Waals surface area contributed by atoms with Crippen LogP contribution in [0.25, 0.3) is 0 Å². The average molecular weight is 177 g/mol. The third-order valence-corrected chi connectivity index (χ3v) is 2.84. The molecule has 0 atom stereocenters. The van der Waals surface area contributed by atoms with Crippen LogP contribution in [0.3, 0.4) is 0 Å². The van der Waals surface area contributed by atoms with Gasteiger partial charge in [0.1, 0.15) is 0 Å². The molecule has 0 spiro atoms. The molecule has 0 aliphatic carbocycles. The van der Waals surface area contributed by atoms with Gasteiger partial charge in [-0.3, -0.25) is 0 Å². The molecule has 1 rings (SSSR count). The van der Waals surface area contributed by atoms with Gasteiger partial charge < -0.3 is 5.32 Å². The smallest absolute Gasteiger partial charge is 0.0337 e. The predicted octanol–water partition coefficient (Wildman–Crippen LogP) is 3.42. The summed E-state index contributed by atoms with van der Waals surface area (Å²) in [4.78, 5) is 0. The first-order valence-corrected chi connectivity index (χ1v) is 4.88. The van der Waals surface area contributed by atoms with Crippen molar-refractivity contribution >= 4 is 5.69 Å². The Labute approximate surface area is 81.2 Å². The summed E-state index contributed by atoms with van der Waals surface area (Å²) < 4.78 is 0. The fourth-order valence-corrected chi connectivity index (χ4v) is 1.29. The van der Waals surface area contributed by atoms with E-state index in [1.165, 1.54) is 17.7 Å². The lowest BCUT2D eigenvalue weighted by Gasteiger charge is -2.23. The van der Waals surface area contributed by atoms with Gasteiger partial charge in [0.15, 0.2) is 0 Å². The van der Waals surface area contributed by atoms with Crippen LogP contribution in [0.5, 0.6) is 0 Å². The fourth-order valence-electron chi connectivity index (χ4n) is 1.29. The van der Waals surface area contributed by atoms with E-state index in [0.29, 0.717) is 5.41 Å². The van der Waals surface area contributed by atoms with Crippen LogP contribution < -0.4 is 5.32 Å². The molecule has 1 nitrogen and oxygen atoms in total. The first kappa shape index (κ1) is 10.1. The Morgan fingerprint density at radius 2 is 1.69 bits per heavy atom. The van der Waals surface area contributed by atoms with Crippen LogP contribution in [0.15, 0.2) is 24.3 Å². The maximum atomic E-state index is 3.12. The third-order valence-electron chi connectivity index (χ3n) is 2.84. The van der Waals surface area contributed by atoms with Crippen LogP contribution in [0.1, 0.15) is 32.8 Å². The molecule has 1 N–H and O–H groups in total. The van der Waals surface area contributed by atoms with Crippen molar-refractivity contribution in [3.63, 3.8) is 0 Å². The van der Waals surface area contributed by atoms with Gasteiger partial charge in [-0.1, -0.05) is 32.9 Å². The van der Waals surface area contributed by atoms with E-state index in [2.05, 4.69) is 50.4 Å². The van der Waals surface area contributed by atoms with Crippen molar-refractivity contribution in [2.75, 3.05) is 12.4 Å². The van der Waals surface area contributed by atoms with Crippen molar-refractivity contribution < 1.29 is 0 Å². The van der Waals surface area contributed by atoms with E-state index in [0.717, 1.165) is 0 Å². The molecule has 1 heteroatoms. The van der Waals surface area contributed by atoms with E-state index in [4.69, 9.17) is 0 Å². The van der Waals surface area contributed by atoms with Gasteiger partial charge in [-0.2, -0.15) is 0 Å². The number of hydrogen-bond acceptors (Lipinski definition) is 1. The molecule has 0 saturated carbocycles. The van der Waals surface area contributed by atoms with Crippen LogP contribution in [-0.4, -0.2) is 7.05 Å². The number of anilines is 1. The fraction of sp³-hybridized carbons (Fsp3) is 0.500. The van der Waals surface area contributed by atoms with Gasteiger partial charge in [0, 0.05) is 12.7 Å². The number of benzene rings is 1. The minimum absolute atomic E-state index is 0.298. The van der Waals surface area contributed by atoms with Crippen LogP contribution in [0.2, 0.25) is 0 Å². The van der Waals surface area contributed by atoms with Crippen LogP contribution in [-0.2, 0) is 5.41 Å². The summed E-state index contributed by atoms with van der Waals surface area (Å²) in [5.74, 6) is 0. The first-order valence-electron chi connectivity index (χ1n) is 4.88. The number of nitrogens with one attached hydrogen (secondary N) is 1. The zero-order valence-electron chi connectivity index (χ0n) is 9.02. The highest BCUT2D eigenvalue weighted by atomic mass is 14.8. The number of rotatable bonds is 3. The highest BCUT2D eigenvalue weighted by Crippen LogP contribution is 2.27. The van der Waals surface area contributed by atoms with E-state index in [9.17, 15) is 0 Å². The maximum absolute atomic E-state index is 3.12. The van der Waals surface area contributed by atoms with Gasteiger partial charge in [0.25, 0.3) is 0 Å². The SMILES string of the molecule is CCC(C)(C)c1ccc(NC)cc1. The van der Waals surface area contributed by atoms with Crippen molar-refractivity contribution in [1.82, 2.24) is 0 Å². The molecule has 13 heavy (non-hydrogen) atoms. The van der Waals surface area contributed by atoms with Gasteiger partial charge in [-0.05, 0) is 29.5 Å². The predicted molar refractivity (Wildman–Crippen MR) is 59.3 cm³/mol. The summed E-state index contributed by atoms with van der Waals surface area (Å²) in [6, 6.07) is 8.67. The minimum atomic E-state index is 0.298. The molecule has 0 bridgehead atoms. The van der Waals surface area contributed by atoms with Crippen LogP contribution >= 0.6 is 0 Å². The zero-order valence-corrected chi connectivity index (χ0v) is 9.02. The number of hydrogen-bond donors (Lipinski definition) is 1. The molecule has 0 aliphatic rings. The Hall–Kier alpha value is -0.980.